The minimum absolute atomic E-state index is 0.0526. The quantitative estimate of drug-likeness (QED) is 0.470. The van der Waals surface area contributed by atoms with E-state index in [2.05, 4.69) is 19.9 Å². The van der Waals surface area contributed by atoms with Crippen molar-refractivity contribution in [2.45, 2.75) is 48.0 Å². The highest BCUT2D eigenvalue weighted by molar-refractivity contribution is 7.89. The lowest BCUT2D eigenvalue weighted by molar-refractivity contribution is 0.281. The van der Waals surface area contributed by atoms with E-state index in [1.54, 1.807) is 18.3 Å². The smallest absolute Gasteiger partial charge is 0.238 e. The first kappa shape index (κ1) is 19.5. The molecule has 1 fully saturated rings. The van der Waals surface area contributed by atoms with Gasteiger partial charge in [-0.25, -0.2) is 18.5 Å². The van der Waals surface area contributed by atoms with Gasteiger partial charge in [0.25, 0.3) is 0 Å². The van der Waals surface area contributed by atoms with E-state index in [-0.39, 0.29) is 10.4 Å². The molecule has 0 saturated heterocycles. The van der Waals surface area contributed by atoms with Gasteiger partial charge in [-0.1, -0.05) is 30.9 Å². The summed E-state index contributed by atoms with van der Waals surface area (Å²) in [5, 5.41) is 9.21. The fourth-order valence-electron chi connectivity index (χ4n) is 4.42. The molecule has 3 aromatic rings. The van der Waals surface area contributed by atoms with E-state index in [1.807, 2.05) is 12.3 Å². The lowest BCUT2D eigenvalue weighted by Gasteiger charge is -2.40. The Morgan fingerprint density at radius 1 is 1.17 bits per heavy atom. The molecule has 0 amide bonds. The molecule has 1 atom stereocenters. The van der Waals surface area contributed by atoms with Gasteiger partial charge in [-0.3, -0.25) is 4.99 Å². The number of hydrogen-bond donors (Lipinski definition) is 2. The number of nitrogens with one attached hydrogen (secondary N) is 1. The van der Waals surface area contributed by atoms with Crippen LogP contribution in [-0.2, 0) is 15.6 Å². The number of fused-ring (bicyclic) bond motifs is 4. The second-order valence-corrected chi connectivity index (χ2v) is 9.82. The topological polar surface area (TPSA) is 115 Å². The van der Waals surface area contributed by atoms with Gasteiger partial charge in [0.05, 0.1) is 16.1 Å². The number of aromatic nitrogens is 3. The van der Waals surface area contributed by atoms with Crippen molar-refractivity contribution in [2.75, 3.05) is 5.32 Å². The normalized spacial score (nSPS) is 20.4. The number of sulfonamides is 1. The van der Waals surface area contributed by atoms with Crippen LogP contribution in [0.2, 0.25) is 0 Å². The van der Waals surface area contributed by atoms with Crippen LogP contribution in [0.3, 0.4) is 0 Å². The van der Waals surface area contributed by atoms with Gasteiger partial charge < -0.3 is 9.88 Å². The average molecular weight is 445 g/mol. The minimum atomic E-state index is -3.73. The zero-order valence-corrected chi connectivity index (χ0v) is 17.7. The van der Waals surface area contributed by atoms with Crippen LogP contribution in [0.5, 0.6) is 0 Å². The zero-order valence-electron chi connectivity index (χ0n) is 16.1. The molecule has 8 nitrogen and oxygen atoms in total. The Morgan fingerprint density at radius 3 is 2.60 bits per heavy atom. The molecule has 3 N–H and O–H groups in total. The lowest BCUT2D eigenvalue weighted by Crippen LogP contribution is -2.41. The van der Waals surface area contributed by atoms with E-state index in [4.69, 9.17) is 21.7 Å². The summed E-state index contributed by atoms with van der Waals surface area (Å²) in [5.74, 6) is 0.423. The van der Waals surface area contributed by atoms with Crippen LogP contribution in [0.15, 0.2) is 46.4 Å². The van der Waals surface area contributed by atoms with Gasteiger partial charge in [-0.15, -0.1) is 0 Å². The van der Waals surface area contributed by atoms with Gasteiger partial charge in [-0.05, 0) is 43.2 Å². The second kappa shape index (κ2) is 7.04. The van der Waals surface area contributed by atoms with E-state index in [0.29, 0.717) is 11.6 Å². The molecular formula is C20H21ClN6O2S. The van der Waals surface area contributed by atoms with Crippen LogP contribution in [0, 0.1) is 0 Å². The fraction of sp³-hybridized carbons (Fsp3) is 0.350. The van der Waals surface area contributed by atoms with E-state index in [1.165, 1.54) is 18.6 Å². The molecule has 156 valence electrons. The van der Waals surface area contributed by atoms with Gasteiger partial charge >= 0.3 is 0 Å². The van der Waals surface area contributed by atoms with Gasteiger partial charge in [0.15, 0.2) is 5.50 Å². The predicted octanol–water partition coefficient (Wildman–Crippen LogP) is 3.80. The van der Waals surface area contributed by atoms with E-state index >= 15 is 0 Å². The molecule has 0 radical (unpaired) electrons. The van der Waals surface area contributed by atoms with Crippen molar-refractivity contribution >= 4 is 50.5 Å². The van der Waals surface area contributed by atoms with Crippen molar-refractivity contribution in [3.05, 3.63) is 42.2 Å². The summed E-state index contributed by atoms with van der Waals surface area (Å²) in [4.78, 5) is 13.8. The summed E-state index contributed by atoms with van der Waals surface area (Å²) in [5.41, 5.74) is 1.80. The van der Waals surface area contributed by atoms with Crippen LogP contribution >= 0.6 is 11.6 Å². The molecule has 1 saturated carbocycles. The number of benzene rings is 1. The third-order valence-corrected chi connectivity index (χ3v) is 7.13. The molecule has 10 heteroatoms. The van der Waals surface area contributed by atoms with E-state index in [9.17, 15) is 8.42 Å². The first-order valence-electron chi connectivity index (χ1n) is 9.83. The summed E-state index contributed by atoms with van der Waals surface area (Å²) in [6.07, 6.45) is 9.32. The van der Waals surface area contributed by atoms with Crippen molar-refractivity contribution in [1.82, 2.24) is 14.5 Å². The molecule has 0 bridgehead atoms. The summed E-state index contributed by atoms with van der Waals surface area (Å²) in [6, 6.07) is 8.17. The maximum Gasteiger partial charge on any atom is 0.238 e. The van der Waals surface area contributed by atoms with Gasteiger partial charge in [0, 0.05) is 23.5 Å². The Kier molecular flexibility index (Phi) is 4.57. The monoisotopic (exact) mass is 444 g/mol. The Bertz CT molecular complexity index is 1250. The molecule has 1 spiro atoms. The maximum atomic E-state index is 11.4. The van der Waals surface area contributed by atoms with Gasteiger partial charge in [0.2, 0.25) is 16.0 Å². The highest BCUT2D eigenvalue weighted by Gasteiger charge is 2.39. The van der Waals surface area contributed by atoms with E-state index in [0.717, 1.165) is 42.4 Å². The van der Waals surface area contributed by atoms with Crippen molar-refractivity contribution in [2.24, 2.45) is 10.1 Å². The van der Waals surface area contributed by atoms with Crippen molar-refractivity contribution in [1.29, 1.82) is 0 Å². The third kappa shape index (κ3) is 3.27. The van der Waals surface area contributed by atoms with Crippen LogP contribution in [0.25, 0.3) is 11.0 Å². The standard InChI is InChI=1S/C20H21ClN6O2S/c21-17-16-10-13-11-23-19(25-14-4-6-15(7-5-14)30(22,28)29)26-18(13)27(16)20(12-24-17)8-2-1-3-9-20/h4-7,10-12,17H,1-3,8-9H2,(H2,22,28,29)(H,23,25,26). The van der Waals surface area contributed by atoms with Crippen molar-refractivity contribution < 1.29 is 8.42 Å². The Labute approximate surface area is 179 Å². The van der Waals surface area contributed by atoms with Crippen molar-refractivity contribution in [3.63, 3.8) is 0 Å². The van der Waals surface area contributed by atoms with Crippen molar-refractivity contribution in [3.8, 4) is 0 Å². The number of anilines is 2. The maximum absolute atomic E-state index is 11.4. The van der Waals surface area contributed by atoms with Crippen LogP contribution in [0.4, 0.5) is 11.6 Å². The second-order valence-electron chi connectivity index (χ2n) is 7.85. The molecule has 2 aromatic heterocycles. The Hall–Kier alpha value is -2.49. The molecule has 30 heavy (non-hydrogen) atoms. The first-order valence-corrected chi connectivity index (χ1v) is 11.8. The Balaban J connectivity index is 1.54. The summed E-state index contributed by atoms with van der Waals surface area (Å²) in [6.45, 7) is 0. The average Bonchev–Trinajstić information content (AvgIpc) is 3.12. The highest BCUT2D eigenvalue weighted by Crippen LogP contribution is 2.43. The van der Waals surface area contributed by atoms with E-state index < -0.39 is 15.5 Å². The zero-order chi connectivity index (χ0) is 20.9. The molecule has 5 rings (SSSR count). The SMILES string of the molecule is NS(=O)(=O)c1ccc(Nc2ncc3cc4n(c3n2)C2(C=NC4Cl)CCCCC2)cc1. The number of nitrogens with zero attached hydrogens (tertiary/aromatic N) is 4. The number of alkyl halides is 1. The minimum Gasteiger partial charge on any atom is -0.324 e. The number of nitrogens with two attached hydrogens (primary N) is 1. The largest absolute Gasteiger partial charge is 0.324 e. The molecule has 2 aliphatic rings. The predicted molar refractivity (Wildman–Crippen MR) is 117 cm³/mol. The number of aliphatic imine (C=N–C) groups is 1. The highest BCUT2D eigenvalue weighted by atomic mass is 35.5. The summed E-state index contributed by atoms with van der Waals surface area (Å²) in [7, 11) is -3.73. The fourth-order valence-corrected chi connectivity index (χ4v) is 5.16. The molecule has 1 unspecified atom stereocenters. The van der Waals surface area contributed by atoms with Crippen LogP contribution < -0.4 is 10.5 Å². The van der Waals surface area contributed by atoms with Gasteiger partial charge in [-0.2, -0.15) is 4.98 Å². The first-order chi connectivity index (χ1) is 14.4. The van der Waals surface area contributed by atoms with Crippen LogP contribution in [0.1, 0.15) is 43.3 Å². The number of halogens is 1. The molecular weight excluding hydrogens is 424 g/mol. The lowest BCUT2D eigenvalue weighted by atomic mass is 9.81. The Morgan fingerprint density at radius 2 is 1.90 bits per heavy atom. The number of rotatable bonds is 3. The molecule has 3 heterocycles. The number of primary sulfonamides is 1. The molecule has 1 aliphatic heterocycles. The number of hydrogen-bond acceptors (Lipinski definition) is 6. The van der Waals surface area contributed by atoms with Gasteiger partial charge in [0.1, 0.15) is 5.65 Å². The third-order valence-electron chi connectivity index (χ3n) is 5.86. The summed E-state index contributed by atoms with van der Waals surface area (Å²) < 4.78 is 25.1. The van der Waals surface area contributed by atoms with Crippen LogP contribution in [-0.4, -0.2) is 29.2 Å². The molecule has 1 aromatic carbocycles. The molecule has 1 aliphatic carbocycles. The summed E-state index contributed by atoms with van der Waals surface area (Å²) >= 11 is 6.50.